The second-order valence-corrected chi connectivity index (χ2v) is 5.63. The van der Waals surface area contributed by atoms with Gasteiger partial charge in [0.2, 0.25) is 0 Å². The third kappa shape index (κ3) is 1.73. The molecule has 3 bridgehead atoms. The summed E-state index contributed by atoms with van der Waals surface area (Å²) >= 11 is 0. The molecule has 2 saturated carbocycles. The van der Waals surface area contributed by atoms with Crippen LogP contribution in [0.1, 0.15) is 12.8 Å². The SMILES string of the molecule is C=CCOC(=O)C1C2CC3(CC2O3)C1C(=O)OCC=C. The van der Waals surface area contributed by atoms with Crippen molar-refractivity contribution >= 4 is 11.9 Å². The van der Waals surface area contributed by atoms with Gasteiger partial charge < -0.3 is 14.2 Å². The maximum atomic E-state index is 12.2. The predicted molar refractivity (Wildman–Crippen MR) is 69.6 cm³/mol. The highest BCUT2D eigenvalue weighted by molar-refractivity contribution is 5.85. The number of carbonyl (C=O) groups is 2. The van der Waals surface area contributed by atoms with Crippen molar-refractivity contribution in [2.75, 3.05) is 13.2 Å². The molecule has 2 aliphatic heterocycles. The van der Waals surface area contributed by atoms with Crippen LogP contribution in [-0.4, -0.2) is 36.9 Å². The van der Waals surface area contributed by atoms with E-state index in [0.717, 1.165) is 12.8 Å². The average molecular weight is 278 g/mol. The molecule has 20 heavy (non-hydrogen) atoms. The van der Waals surface area contributed by atoms with Gasteiger partial charge in [-0.1, -0.05) is 25.3 Å². The van der Waals surface area contributed by atoms with Crippen LogP contribution in [0.3, 0.4) is 0 Å². The zero-order chi connectivity index (χ0) is 14.3. The summed E-state index contributed by atoms with van der Waals surface area (Å²) < 4.78 is 16.1. The van der Waals surface area contributed by atoms with E-state index < -0.39 is 17.4 Å². The van der Waals surface area contributed by atoms with Crippen LogP contribution >= 0.6 is 0 Å². The molecule has 1 spiro atoms. The van der Waals surface area contributed by atoms with E-state index in [0.29, 0.717) is 0 Å². The molecule has 0 aromatic carbocycles. The lowest BCUT2D eigenvalue weighted by atomic mass is 9.72. The second kappa shape index (κ2) is 4.74. The van der Waals surface area contributed by atoms with Gasteiger partial charge in [0.1, 0.15) is 13.2 Å². The molecule has 0 N–H and O–H groups in total. The van der Waals surface area contributed by atoms with Crippen molar-refractivity contribution < 1.29 is 23.8 Å². The molecule has 108 valence electrons. The Balaban J connectivity index is 1.77. The first kappa shape index (κ1) is 13.4. The Labute approximate surface area is 117 Å². The lowest BCUT2D eigenvalue weighted by Gasteiger charge is -2.49. The molecule has 2 saturated heterocycles. The molecule has 0 aromatic rings. The molecule has 5 unspecified atom stereocenters. The summed E-state index contributed by atoms with van der Waals surface area (Å²) in [5.41, 5.74) is -0.495. The van der Waals surface area contributed by atoms with Crippen LogP contribution in [0, 0.1) is 17.8 Å². The van der Waals surface area contributed by atoms with E-state index in [2.05, 4.69) is 13.2 Å². The van der Waals surface area contributed by atoms with Crippen LogP contribution in [0.4, 0.5) is 0 Å². The number of hydrogen-bond acceptors (Lipinski definition) is 5. The van der Waals surface area contributed by atoms with E-state index in [1.54, 1.807) is 0 Å². The summed E-state index contributed by atoms with van der Waals surface area (Å²) in [5.74, 6) is -1.64. The molecule has 5 heteroatoms. The van der Waals surface area contributed by atoms with Gasteiger partial charge in [0.15, 0.2) is 0 Å². The Hall–Kier alpha value is -1.62. The molecule has 0 amide bonds. The van der Waals surface area contributed by atoms with Crippen LogP contribution in [0.2, 0.25) is 0 Å². The largest absolute Gasteiger partial charge is 0.461 e. The highest BCUT2D eigenvalue weighted by atomic mass is 16.6. The first-order chi connectivity index (χ1) is 9.63. The van der Waals surface area contributed by atoms with E-state index in [1.807, 2.05) is 0 Å². The third-order valence-corrected chi connectivity index (χ3v) is 4.59. The minimum Gasteiger partial charge on any atom is -0.461 e. The predicted octanol–water partition coefficient (Wildman–Crippen LogP) is 1.24. The Morgan fingerprint density at radius 2 is 1.75 bits per heavy atom. The van der Waals surface area contributed by atoms with Crippen LogP contribution in [0.15, 0.2) is 25.3 Å². The number of carbonyl (C=O) groups excluding carboxylic acids is 2. The summed E-state index contributed by atoms with van der Waals surface area (Å²) in [5, 5.41) is 0. The zero-order valence-electron chi connectivity index (χ0n) is 11.2. The van der Waals surface area contributed by atoms with Crippen LogP contribution in [-0.2, 0) is 23.8 Å². The molecular formula is C15H18O5. The van der Waals surface area contributed by atoms with E-state index in [1.165, 1.54) is 12.2 Å². The molecule has 4 fully saturated rings. The summed E-state index contributed by atoms with van der Waals surface area (Å²) in [7, 11) is 0. The summed E-state index contributed by atoms with van der Waals surface area (Å²) in [6.45, 7) is 7.35. The second-order valence-electron chi connectivity index (χ2n) is 5.63. The number of esters is 2. The quantitative estimate of drug-likeness (QED) is 0.540. The fourth-order valence-electron chi connectivity index (χ4n) is 3.93. The maximum Gasteiger partial charge on any atom is 0.313 e. The minimum atomic E-state index is -0.547. The van der Waals surface area contributed by atoms with E-state index in [-0.39, 0.29) is 37.2 Å². The molecule has 4 aliphatic rings. The number of hydrogen-bond donors (Lipinski definition) is 0. The van der Waals surface area contributed by atoms with Crippen molar-refractivity contribution in [2.45, 2.75) is 24.5 Å². The fourth-order valence-corrected chi connectivity index (χ4v) is 3.93. The van der Waals surface area contributed by atoms with Gasteiger partial charge in [-0.25, -0.2) is 0 Å². The van der Waals surface area contributed by atoms with Gasteiger partial charge in [0, 0.05) is 12.3 Å². The molecule has 5 atom stereocenters. The molecule has 0 radical (unpaired) electrons. The highest BCUT2D eigenvalue weighted by Gasteiger charge is 2.75. The van der Waals surface area contributed by atoms with Crippen molar-refractivity contribution in [3.05, 3.63) is 25.3 Å². The standard InChI is InChI=1S/C15H18O5/c1-3-5-18-13(16)11-9-7-15(8-10(9)20-15)12(11)14(17)19-6-4-2/h3-4,9-12H,1-2,5-8H2. The van der Waals surface area contributed by atoms with Gasteiger partial charge >= 0.3 is 11.9 Å². The van der Waals surface area contributed by atoms with Crippen LogP contribution in [0.5, 0.6) is 0 Å². The smallest absolute Gasteiger partial charge is 0.313 e. The lowest BCUT2D eigenvalue weighted by molar-refractivity contribution is -0.235. The highest BCUT2D eigenvalue weighted by Crippen LogP contribution is 2.66. The summed E-state index contributed by atoms with van der Waals surface area (Å²) in [4.78, 5) is 24.4. The maximum absolute atomic E-state index is 12.2. The van der Waals surface area contributed by atoms with Crippen molar-refractivity contribution in [3.63, 3.8) is 0 Å². The van der Waals surface area contributed by atoms with Gasteiger partial charge in [-0.2, -0.15) is 0 Å². The number of ether oxygens (including phenoxy) is 3. The molecule has 2 heterocycles. The third-order valence-electron chi connectivity index (χ3n) is 4.59. The molecule has 4 rings (SSSR count). The molecule has 5 nitrogen and oxygen atoms in total. The van der Waals surface area contributed by atoms with Gasteiger partial charge in [0.05, 0.1) is 23.5 Å². The van der Waals surface area contributed by atoms with Crippen molar-refractivity contribution in [3.8, 4) is 0 Å². The molecule has 0 aromatic heterocycles. The average Bonchev–Trinajstić information content (AvgIpc) is 3.05. The monoisotopic (exact) mass is 278 g/mol. The lowest BCUT2D eigenvalue weighted by Crippen LogP contribution is -2.59. The van der Waals surface area contributed by atoms with E-state index in [4.69, 9.17) is 14.2 Å². The Bertz CT molecular complexity index is 463. The fraction of sp³-hybridized carbons (Fsp3) is 0.600. The van der Waals surface area contributed by atoms with Gasteiger partial charge in [0.25, 0.3) is 0 Å². The van der Waals surface area contributed by atoms with E-state index in [9.17, 15) is 9.59 Å². The first-order valence-electron chi connectivity index (χ1n) is 6.86. The zero-order valence-corrected chi connectivity index (χ0v) is 11.2. The first-order valence-corrected chi connectivity index (χ1v) is 6.86. The van der Waals surface area contributed by atoms with Crippen molar-refractivity contribution in [2.24, 2.45) is 17.8 Å². The topological polar surface area (TPSA) is 61.8 Å². The number of rotatable bonds is 6. The summed E-state index contributed by atoms with van der Waals surface area (Å²) in [6.07, 6.45) is 4.72. The van der Waals surface area contributed by atoms with Gasteiger partial charge in [-0.3, -0.25) is 9.59 Å². The Kier molecular flexibility index (Phi) is 3.17. The summed E-state index contributed by atoms with van der Waals surface area (Å²) in [6, 6.07) is 0. The minimum absolute atomic E-state index is 0.0774. The van der Waals surface area contributed by atoms with Crippen molar-refractivity contribution in [1.82, 2.24) is 0 Å². The van der Waals surface area contributed by atoms with E-state index >= 15 is 0 Å². The normalized spacial score (nSPS) is 39.8. The van der Waals surface area contributed by atoms with Crippen molar-refractivity contribution in [1.29, 1.82) is 0 Å². The van der Waals surface area contributed by atoms with Gasteiger partial charge in [-0.05, 0) is 6.42 Å². The molecular weight excluding hydrogens is 260 g/mol. The Morgan fingerprint density at radius 3 is 2.35 bits per heavy atom. The van der Waals surface area contributed by atoms with Crippen LogP contribution in [0.25, 0.3) is 0 Å². The van der Waals surface area contributed by atoms with Gasteiger partial charge in [-0.15, -0.1) is 0 Å². The van der Waals surface area contributed by atoms with Crippen LogP contribution < -0.4 is 0 Å². The Morgan fingerprint density at radius 1 is 1.15 bits per heavy atom. The molecule has 2 aliphatic carbocycles.